The van der Waals surface area contributed by atoms with E-state index in [1.165, 1.54) is 0 Å². The normalized spacial score (nSPS) is 24.9. The molecule has 1 aliphatic rings. The van der Waals surface area contributed by atoms with Crippen LogP contribution in [0.3, 0.4) is 0 Å². The SMILES string of the molecule is CC(C)(N=C=O)C1CCC(C(C)(C)N=C=O)CC1. The Bertz CT molecular complexity index is 343. The number of hydrogen-bond acceptors (Lipinski definition) is 4. The first kappa shape index (κ1) is 14.8. The average molecular weight is 250 g/mol. The molecule has 1 rings (SSSR count). The van der Waals surface area contributed by atoms with Gasteiger partial charge in [0, 0.05) is 0 Å². The zero-order valence-corrected chi connectivity index (χ0v) is 11.7. The van der Waals surface area contributed by atoms with Crippen molar-refractivity contribution in [1.29, 1.82) is 0 Å². The Morgan fingerprint density at radius 1 is 0.778 bits per heavy atom. The highest BCUT2D eigenvalue weighted by Crippen LogP contribution is 2.41. The lowest BCUT2D eigenvalue weighted by atomic mass is 9.69. The van der Waals surface area contributed by atoms with Crippen LogP contribution >= 0.6 is 0 Å². The minimum atomic E-state index is -0.329. The molecule has 0 unspecified atom stereocenters. The molecule has 100 valence electrons. The summed E-state index contributed by atoms with van der Waals surface area (Å²) < 4.78 is 0. The van der Waals surface area contributed by atoms with Crippen LogP contribution in [0.25, 0.3) is 0 Å². The molecule has 0 amide bonds. The van der Waals surface area contributed by atoms with Crippen LogP contribution in [0.5, 0.6) is 0 Å². The van der Waals surface area contributed by atoms with Crippen molar-refractivity contribution >= 4 is 12.2 Å². The molecule has 1 aliphatic carbocycles. The Balaban J connectivity index is 2.67. The predicted molar refractivity (Wildman–Crippen MR) is 69.8 cm³/mol. The van der Waals surface area contributed by atoms with Gasteiger partial charge in [-0.25, -0.2) is 9.59 Å². The van der Waals surface area contributed by atoms with Crippen molar-refractivity contribution in [2.75, 3.05) is 0 Å². The number of hydrogen-bond donors (Lipinski definition) is 0. The zero-order chi connectivity index (χ0) is 13.8. The summed E-state index contributed by atoms with van der Waals surface area (Å²) in [5.41, 5.74) is -0.657. The van der Waals surface area contributed by atoms with E-state index in [4.69, 9.17) is 0 Å². The number of rotatable bonds is 4. The molecule has 18 heavy (non-hydrogen) atoms. The molecule has 0 radical (unpaired) electrons. The second-order valence-corrected chi connectivity index (χ2v) is 6.26. The van der Waals surface area contributed by atoms with Crippen molar-refractivity contribution < 1.29 is 9.59 Å². The summed E-state index contributed by atoms with van der Waals surface area (Å²) in [4.78, 5) is 28.7. The van der Waals surface area contributed by atoms with Crippen molar-refractivity contribution in [3.05, 3.63) is 0 Å². The predicted octanol–water partition coefficient (Wildman–Crippen LogP) is 3.02. The van der Waals surface area contributed by atoms with Gasteiger partial charge in [0.05, 0.1) is 11.1 Å². The minimum absolute atomic E-state index is 0.329. The van der Waals surface area contributed by atoms with Gasteiger partial charge in [-0.3, -0.25) is 0 Å². The zero-order valence-electron chi connectivity index (χ0n) is 11.7. The highest BCUT2D eigenvalue weighted by Gasteiger charge is 2.38. The molecular weight excluding hydrogens is 228 g/mol. The maximum atomic E-state index is 10.4. The van der Waals surface area contributed by atoms with Gasteiger partial charge < -0.3 is 0 Å². The third-order valence-electron chi connectivity index (χ3n) is 4.39. The summed E-state index contributed by atoms with van der Waals surface area (Å²) in [5, 5.41) is 0. The van der Waals surface area contributed by atoms with Gasteiger partial charge in [0.15, 0.2) is 0 Å². The van der Waals surface area contributed by atoms with Gasteiger partial charge in [0.1, 0.15) is 0 Å². The maximum absolute atomic E-state index is 10.4. The molecule has 1 fully saturated rings. The van der Waals surface area contributed by atoms with Crippen LogP contribution in [-0.4, -0.2) is 23.2 Å². The first-order valence-corrected chi connectivity index (χ1v) is 6.51. The molecule has 0 saturated heterocycles. The summed E-state index contributed by atoms with van der Waals surface area (Å²) in [6.45, 7) is 7.93. The molecule has 4 heteroatoms. The van der Waals surface area contributed by atoms with E-state index < -0.39 is 0 Å². The fraction of sp³-hybridized carbons (Fsp3) is 0.857. The van der Waals surface area contributed by atoms with Gasteiger partial charge in [0.2, 0.25) is 12.2 Å². The quantitative estimate of drug-likeness (QED) is 0.568. The van der Waals surface area contributed by atoms with E-state index in [2.05, 4.69) is 9.98 Å². The molecule has 0 bridgehead atoms. The molecule has 0 aromatic rings. The maximum Gasteiger partial charge on any atom is 0.235 e. The average Bonchev–Trinajstić information content (AvgIpc) is 2.29. The summed E-state index contributed by atoms with van der Waals surface area (Å²) in [6, 6.07) is 0. The van der Waals surface area contributed by atoms with E-state index in [1.54, 1.807) is 12.2 Å². The van der Waals surface area contributed by atoms with E-state index >= 15 is 0 Å². The number of aliphatic imine (C=N–C) groups is 2. The lowest BCUT2D eigenvalue weighted by Crippen LogP contribution is -2.38. The van der Waals surface area contributed by atoms with Gasteiger partial charge >= 0.3 is 0 Å². The summed E-state index contributed by atoms with van der Waals surface area (Å²) in [5.74, 6) is 0.817. The van der Waals surface area contributed by atoms with Gasteiger partial charge in [-0.1, -0.05) is 0 Å². The van der Waals surface area contributed by atoms with Gasteiger partial charge in [-0.15, -0.1) is 0 Å². The van der Waals surface area contributed by atoms with Crippen LogP contribution < -0.4 is 0 Å². The van der Waals surface area contributed by atoms with Crippen LogP contribution in [0, 0.1) is 11.8 Å². The second-order valence-electron chi connectivity index (χ2n) is 6.26. The first-order valence-electron chi connectivity index (χ1n) is 6.51. The summed E-state index contributed by atoms with van der Waals surface area (Å²) in [7, 11) is 0. The van der Waals surface area contributed by atoms with Crippen LogP contribution in [0.15, 0.2) is 9.98 Å². The smallest absolute Gasteiger partial charge is 0.211 e. The standard InChI is InChI=1S/C14H22N2O2/c1-13(2,15-9-17)11-5-7-12(8-6-11)14(3,4)16-10-18/h11-12H,5-8H2,1-4H3. The molecular formula is C14H22N2O2. The second kappa shape index (κ2) is 5.60. The Morgan fingerprint density at radius 3 is 1.28 bits per heavy atom. The topological polar surface area (TPSA) is 58.9 Å². The Morgan fingerprint density at radius 2 is 1.06 bits per heavy atom. The van der Waals surface area contributed by atoms with E-state index in [9.17, 15) is 9.59 Å². The van der Waals surface area contributed by atoms with Crippen molar-refractivity contribution in [3.8, 4) is 0 Å². The van der Waals surface area contributed by atoms with Crippen molar-refractivity contribution in [1.82, 2.24) is 0 Å². The monoisotopic (exact) mass is 250 g/mol. The number of nitrogens with zero attached hydrogens (tertiary/aromatic N) is 2. The van der Waals surface area contributed by atoms with Crippen LogP contribution in [-0.2, 0) is 9.59 Å². The van der Waals surface area contributed by atoms with Gasteiger partial charge in [-0.2, -0.15) is 9.98 Å². The molecule has 0 heterocycles. The minimum Gasteiger partial charge on any atom is -0.211 e. The first-order chi connectivity index (χ1) is 8.33. The Labute approximate surface area is 109 Å². The molecule has 0 aromatic heterocycles. The molecule has 0 aliphatic heterocycles. The van der Waals surface area contributed by atoms with E-state index in [-0.39, 0.29) is 11.1 Å². The van der Waals surface area contributed by atoms with Gasteiger partial charge in [-0.05, 0) is 65.2 Å². The van der Waals surface area contributed by atoms with Crippen LogP contribution in [0.4, 0.5) is 0 Å². The largest absolute Gasteiger partial charge is 0.235 e. The Hall–Kier alpha value is -1.24. The van der Waals surface area contributed by atoms with Crippen LogP contribution in [0.2, 0.25) is 0 Å². The number of isocyanates is 2. The van der Waals surface area contributed by atoms with Crippen molar-refractivity contribution in [3.63, 3.8) is 0 Å². The summed E-state index contributed by atoms with van der Waals surface area (Å²) >= 11 is 0. The molecule has 0 spiro atoms. The van der Waals surface area contributed by atoms with Crippen molar-refractivity contribution in [2.45, 2.75) is 64.5 Å². The fourth-order valence-corrected chi connectivity index (χ4v) is 2.92. The van der Waals surface area contributed by atoms with Crippen LogP contribution in [0.1, 0.15) is 53.4 Å². The highest BCUT2D eigenvalue weighted by molar-refractivity contribution is 5.35. The van der Waals surface area contributed by atoms with E-state index in [0.717, 1.165) is 25.7 Å². The third-order valence-corrected chi connectivity index (χ3v) is 4.39. The third kappa shape index (κ3) is 3.38. The highest BCUT2D eigenvalue weighted by atomic mass is 16.1. The molecule has 0 atom stereocenters. The lowest BCUT2D eigenvalue weighted by molar-refractivity contribution is 0.156. The molecule has 4 nitrogen and oxygen atoms in total. The van der Waals surface area contributed by atoms with Gasteiger partial charge in [0.25, 0.3) is 0 Å². The fourth-order valence-electron chi connectivity index (χ4n) is 2.92. The summed E-state index contributed by atoms with van der Waals surface area (Å²) in [6.07, 6.45) is 7.40. The molecule has 0 aromatic carbocycles. The van der Waals surface area contributed by atoms with E-state index in [1.807, 2.05) is 27.7 Å². The molecule has 0 N–H and O–H groups in total. The Kier molecular flexibility index (Phi) is 4.61. The number of carbonyl (C=O) groups excluding carboxylic acids is 2. The van der Waals surface area contributed by atoms with Crippen molar-refractivity contribution in [2.24, 2.45) is 21.8 Å². The van der Waals surface area contributed by atoms with E-state index in [0.29, 0.717) is 11.8 Å². The lowest BCUT2D eigenvalue weighted by Gasteiger charge is -2.39. The molecule has 1 saturated carbocycles.